The lowest BCUT2D eigenvalue weighted by atomic mass is 10.1. The molecule has 0 bridgehead atoms. The van der Waals surface area contributed by atoms with Crippen LogP contribution in [-0.4, -0.2) is 20.3 Å². The Bertz CT molecular complexity index is 572. The van der Waals surface area contributed by atoms with E-state index in [-0.39, 0.29) is 6.61 Å². The first kappa shape index (κ1) is 14.4. The first-order valence-electron chi connectivity index (χ1n) is 6.91. The lowest BCUT2D eigenvalue weighted by molar-refractivity contribution is 0.281. The molecule has 0 radical (unpaired) electrons. The van der Waals surface area contributed by atoms with E-state index >= 15 is 0 Å². The van der Waals surface area contributed by atoms with Gasteiger partial charge in [-0.2, -0.15) is 5.10 Å². The lowest BCUT2D eigenvalue weighted by Gasteiger charge is -2.08. The van der Waals surface area contributed by atoms with Gasteiger partial charge in [-0.3, -0.25) is 0 Å². The molecule has 106 valence electrons. The predicted molar refractivity (Wildman–Crippen MR) is 78.3 cm³/mol. The van der Waals surface area contributed by atoms with Crippen LogP contribution in [0.4, 0.5) is 5.95 Å². The van der Waals surface area contributed by atoms with Crippen molar-refractivity contribution in [1.29, 1.82) is 0 Å². The third-order valence-electron chi connectivity index (χ3n) is 3.13. The van der Waals surface area contributed by atoms with E-state index in [1.165, 1.54) is 0 Å². The van der Waals surface area contributed by atoms with E-state index < -0.39 is 0 Å². The van der Waals surface area contributed by atoms with E-state index in [4.69, 9.17) is 5.11 Å². The maximum atomic E-state index is 9.12. The van der Waals surface area contributed by atoms with E-state index in [0.29, 0.717) is 12.5 Å². The van der Waals surface area contributed by atoms with Crippen molar-refractivity contribution in [1.82, 2.24) is 15.2 Å². The molecule has 0 saturated heterocycles. The van der Waals surface area contributed by atoms with Crippen LogP contribution in [0.2, 0.25) is 0 Å². The summed E-state index contributed by atoms with van der Waals surface area (Å²) in [5.41, 5.74) is 3.94. The zero-order valence-electron chi connectivity index (χ0n) is 11.9. The minimum Gasteiger partial charge on any atom is -0.392 e. The Balaban J connectivity index is 2.06. The van der Waals surface area contributed by atoms with Crippen molar-refractivity contribution >= 4 is 5.95 Å². The fraction of sp³-hybridized carbons (Fsp3) is 0.400. The Labute approximate surface area is 119 Å². The third-order valence-corrected chi connectivity index (χ3v) is 3.13. The van der Waals surface area contributed by atoms with Crippen LogP contribution < -0.4 is 5.32 Å². The molecular formula is C15H20N4O. The second-order valence-electron chi connectivity index (χ2n) is 4.57. The van der Waals surface area contributed by atoms with Crippen LogP contribution in [0, 0.1) is 0 Å². The normalized spacial score (nSPS) is 10.6. The molecule has 0 fully saturated rings. The monoisotopic (exact) mass is 272 g/mol. The highest BCUT2D eigenvalue weighted by Gasteiger charge is 2.05. The standard InChI is InChI=1S/C15H20N4O/c1-3-13-14(4-2)18-19-15(17-13)16-9-11-6-5-7-12(8-11)10-20/h5-8,20H,3-4,9-10H2,1-2H3,(H,16,17,19). The Morgan fingerprint density at radius 1 is 1.05 bits per heavy atom. The molecule has 1 aromatic heterocycles. The number of hydrogen-bond acceptors (Lipinski definition) is 5. The van der Waals surface area contributed by atoms with Gasteiger partial charge < -0.3 is 10.4 Å². The number of anilines is 1. The first-order valence-corrected chi connectivity index (χ1v) is 6.91. The van der Waals surface area contributed by atoms with Gasteiger partial charge in [0.1, 0.15) is 0 Å². The molecule has 5 nitrogen and oxygen atoms in total. The van der Waals surface area contributed by atoms with E-state index in [2.05, 4.69) is 34.3 Å². The van der Waals surface area contributed by atoms with Crippen LogP contribution in [-0.2, 0) is 26.0 Å². The van der Waals surface area contributed by atoms with Gasteiger partial charge in [-0.05, 0) is 24.0 Å². The van der Waals surface area contributed by atoms with Gasteiger partial charge in [-0.25, -0.2) is 4.98 Å². The number of nitrogens with zero attached hydrogens (tertiary/aromatic N) is 3. The quantitative estimate of drug-likeness (QED) is 0.842. The SMILES string of the molecule is CCc1nnc(NCc2cccc(CO)c2)nc1CC. The van der Waals surface area contributed by atoms with Crippen LogP contribution in [0.3, 0.4) is 0 Å². The fourth-order valence-corrected chi connectivity index (χ4v) is 2.03. The van der Waals surface area contributed by atoms with Gasteiger partial charge in [-0.1, -0.05) is 38.1 Å². The largest absolute Gasteiger partial charge is 0.392 e. The number of nitrogens with one attached hydrogen (secondary N) is 1. The molecule has 2 rings (SSSR count). The van der Waals surface area contributed by atoms with Crippen molar-refractivity contribution in [2.75, 3.05) is 5.32 Å². The molecular weight excluding hydrogens is 252 g/mol. The zero-order chi connectivity index (χ0) is 14.4. The highest BCUT2D eigenvalue weighted by Crippen LogP contribution is 2.09. The summed E-state index contributed by atoms with van der Waals surface area (Å²) in [7, 11) is 0. The van der Waals surface area contributed by atoms with E-state index in [9.17, 15) is 0 Å². The van der Waals surface area contributed by atoms with Crippen LogP contribution in [0.15, 0.2) is 24.3 Å². The number of hydrogen-bond donors (Lipinski definition) is 2. The number of aromatic nitrogens is 3. The smallest absolute Gasteiger partial charge is 0.243 e. The van der Waals surface area contributed by atoms with Gasteiger partial charge in [0, 0.05) is 6.54 Å². The number of benzene rings is 1. The summed E-state index contributed by atoms with van der Waals surface area (Å²) in [6.07, 6.45) is 1.70. The molecule has 5 heteroatoms. The van der Waals surface area contributed by atoms with Crippen molar-refractivity contribution in [3.05, 3.63) is 46.8 Å². The highest BCUT2D eigenvalue weighted by molar-refractivity contribution is 5.30. The van der Waals surface area contributed by atoms with Crippen LogP contribution in [0.25, 0.3) is 0 Å². The van der Waals surface area contributed by atoms with Gasteiger partial charge in [-0.15, -0.1) is 5.10 Å². The summed E-state index contributed by atoms with van der Waals surface area (Å²) in [5, 5.41) is 20.6. The molecule has 20 heavy (non-hydrogen) atoms. The van der Waals surface area contributed by atoms with Crippen molar-refractivity contribution < 1.29 is 5.11 Å². The molecule has 0 saturated carbocycles. The highest BCUT2D eigenvalue weighted by atomic mass is 16.3. The van der Waals surface area contributed by atoms with Crippen molar-refractivity contribution in [2.24, 2.45) is 0 Å². The Kier molecular flexibility index (Phi) is 5.01. The van der Waals surface area contributed by atoms with Crippen LogP contribution in [0.5, 0.6) is 0 Å². The van der Waals surface area contributed by atoms with E-state index in [1.807, 2.05) is 24.3 Å². The molecule has 0 unspecified atom stereocenters. The Morgan fingerprint density at radius 2 is 1.80 bits per heavy atom. The summed E-state index contributed by atoms with van der Waals surface area (Å²) in [6, 6.07) is 7.79. The maximum Gasteiger partial charge on any atom is 0.243 e. The second kappa shape index (κ2) is 6.96. The Hall–Kier alpha value is -2.01. The number of aryl methyl sites for hydroxylation is 2. The van der Waals surface area contributed by atoms with E-state index in [0.717, 1.165) is 35.4 Å². The third kappa shape index (κ3) is 3.51. The minimum absolute atomic E-state index is 0.0527. The number of aliphatic hydroxyl groups excluding tert-OH is 1. The molecule has 2 aromatic rings. The molecule has 0 amide bonds. The summed E-state index contributed by atoms with van der Waals surface area (Å²) in [5.74, 6) is 0.549. The molecule has 2 N–H and O–H groups in total. The number of aliphatic hydroxyl groups is 1. The van der Waals surface area contributed by atoms with Gasteiger partial charge >= 0.3 is 0 Å². The maximum absolute atomic E-state index is 9.12. The van der Waals surface area contributed by atoms with Gasteiger partial charge in [0.05, 0.1) is 18.0 Å². The van der Waals surface area contributed by atoms with Crippen LogP contribution in [0.1, 0.15) is 36.4 Å². The average Bonchev–Trinajstić information content (AvgIpc) is 2.52. The topological polar surface area (TPSA) is 70.9 Å². The second-order valence-corrected chi connectivity index (χ2v) is 4.57. The van der Waals surface area contributed by atoms with E-state index in [1.54, 1.807) is 0 Å². The summed E-state index contributed by atoms with van der Waals surface area (Å²) < 4.78 is 0. The fourth-order valence-electron chi connectivity index (χ4n) is 2.03. The molecule has 0 atom stereocenters. The summed E-state index contributed by atoms with van der Waals surface area (Å²) >= 11 is 0. The van der Waals surface area contributed by atoms with Gasteiger partial charge in [0.15, 0.2) is 0 Å². The summed E-state index contributed by atoms with van der Waals surface area (Å²) in [4.78, 5) is 4.49. The molecule has 1 heterocycles. The van der Waals surface area contributed by atoms with Gasteiger partial charge in [0.25, 0.3) is 0 Å². The molecule has 1 aromatic carbocycles. The average molecular weight is 272 g/mol. The van der Waals surface area contributed by atoms with Crippen molar-refractivity contribution in [2.45, 2.75) is 39.8 Å². The Morgan fingerprint density at radius 3 is 2.50 bits per heavy atom. The molecule has 0 aliphatic carbocycles. The first-order chi connectivity index (χ1) is 9.76. The van der Waals surface area contributed by atoms with Crippen molar-refractivity contribution in [3.63, 3.8) is 0 Å². The van der Waals surface area contributed by atoms with Gasteiger partial charge in [0.2, 0.25) is 5.95 Å². The molecule has 0 aliphatic heterocycles. The minimum atomic E-state index is 0.0527. The summed E-state index contributed by atoms with van der Waals surface area (Å²) in [6.45, 7) is 4.79. The lowest BCUT2D eigenvalue weighted by Crippen LogP contribution is -2.09. The van der Waals surface area contributed by atoms with Crippen molar-refractivity contribution in [3.8, 4) is 0 Å². The molecule has 0 aliphatic rings. The zero-order valence-corrected chi connectivity index (χ0v) is 11.9. The predicted octanol–water partition coefficient (Wildman–Crippen LogP) is 2.10. The molecule has 0 spiro atoms. The van der Waals surface area contributed by atoms with Crippen LogP contribution >= 0.6 is 0 Å². The number of rotatable bonds is 6.